The standard InChI is InChI=1S/C12H17/c1-5-8-12(6-2)10-7-9-11(3)4/h10-12H,6H2,1-4H3. The molecular weight excluding hydrogens is 144 g/mol. The van der Waals surface area contributed by atoms with Gasteiger partial charge in [-0.3, -0.25) is 0 Å². The van der Waals surface area contributed by atoms with Gasteiger partial charge in [0.05, 0.1) is 0 Å². The van der Waals surface area contributed by atoms with Crippen LogP contribution in [0.2, 0.25) is 0 Å². The fraction of sp³-hybridized carbons (Fsp3) is 0.583. The molecule has 0 saturated heterocycles. The Morgan fingerprint density at radius 2 is 1.92 bits per heavy atom. The molecule has 0 bridgehead atoms. The van der Waals surface area contributed by atoms with E-state index in [1.807, 2.05) is 13.3 Å². The van der Waals surface area contributed by atoms with Crippen molar-refractivity contribution in [2.75, 3.05) is 0 Å². The quantitative estimate of drug-likeness (QED) is 0.546. The average molecular weight is 161 g/mol. The first-order valence-electron chi connectivity index (χ1n) is 4.47. The predicted molar refractivity (Wildman–Crippen MR) is 54.1 cm³/mol. The molecule has 0 fully saturated rings. The van der Waals surface area contributed by atoms with E-state index in [-0.39, 0.29) is 0 Å². The van der Waals surface area contributed by atoms with E-state index in [1.54, 1.807) is 0 Å². The fourth-order valence-corrected chi connectivity index (χ4v) is 0.762. The van der Waals surface area contributed by atoms with Crippen LogP contribution in [0.15, 0.2) is 0 Å². The minimum Gasteiger partial charge on any atom is -0.106 e. The lowest BCUT2D eigenvalue weighted by molar-refractivity contribution is 0.767. The van der Waals surface area contributed by atoms with Crippen molar-refractivity contribution < 1.29 is 0 Å². The molecule has 0 aromatic carbocycles. The monoisotopic (exact) mass is 161 g/mol. The van der Waals surface area contributed by atoms with Crippen molar-refractivity contribution in [2.24, 2.45) is 11.8 Å². The van der Waals surface area contributed by atoms with E-state index in [0.29, 0.717) is 11.8 Å². The van der Waals surface area contributed by atoms with Crippen LogP contribution in [0, 0.1) is 41.9 Å². The van der Waals surface area contributed by atoms with Gasteiger partial charge >= 0.3 is 0 Å². The summed E-state index contributed by atoms with van der Waals surface area (Å²) in [5.74, 6) is 12.9. The highest BCUT2D eigenvalue weighted by molar-refractivity contribution is 5.19. The first kappa shape index (κ1) is 11.1. The smallest absolute Gasteiger partial charge is 0.0490 e. The molecule has 0 aromatic heterocycles. The van der Waals surface area contributed by atoms with Crippen molar-refractivity contribution in [3.63, 3.8) is 0 Å². The summed E-state index contributed by atoms with van der Waals surface area (Å²) in [6.45, 7) is 8.18. The lowest BCUT2D eigenvalue weighted by Gasteiger charge is -1.99. The van der Waals surface area contributed by atoms with Gasteiger partial charge in [-0.1, -0.05) is 32.6 Å². The van der Waals surface area contributed by atoms with Gasteiger partial charge in [-0.05, 0) is 13.3 Å². The summed E-state index contributed by atoms with van der Waals surface area (Å²) in [5, 5.41) is 0. The maximum absolute atomic E-state index is 3.10. The highest BCUT2D eigenvalue weighted by atomic mass is 14.0. The van der Waals surface area contributed by atoms with Crippen LogP contribution in [0.5, 0.6) is 0 Å². The molecule has 1 radical (unpaired) electrons. The zero-order valence-electron chi connectivity index (χ0n) is 8.44. The molecule has 0 aliphatic rings. The molecular formula is C12H17. The van der Waals surface area contributed by atoms with Crippen molar-refractivity contribution in [2.45, 2.75) is 34.1 Å². The Labute approximate surface area is 76.8 Å². The third kappa shape index (κ3) is 5.87. The average Bonchev–Trinajstić information content (AvgIpc) is 2.02. The normalized spacial score (nSPS) is 11.1. The van der Waals surface area contributed by atoms with E-state index in [1.165, 1.54) is 0 Å². The van der Waals surface area contributed by atoms with Gasteiger partial charge in [0.15, 0.2) is 0 Å². The molecule has 0 nitrogen and oxygen atoms in total. The van der Waals surface area contributed by atoms with E-state index in [2.05, 4.69) is 44.5 Å². The van der Waals surface area contributed by atoms with Gasteiger partial charge in [-0.2, -0.15) is 0 Å². The van der Waals surface area contributed by atoms with Crippen molar-refractivity contribution in [1.29, 1.82) is 0 Å². The first-order chi connectivity index (χ1) is 5.70. The summed E-state index contributed by atoms with van der Waals surface area (Å²) in [4.78, 5) is 0. The van der Waals surface area contributed by atoms with Crippen LogP contribution in [0.1, 0.15) is 34.1 Å². The molecule has 0 heterocycles. The molecule has 1 atom stereocenters. The third-order valence-electron chi connectivity index (χ3n) is 1.43. The summed E-state index contributed by atoms with van der Waals surface area (Å²) in [6.07, 6.45) is 3.05. The van der Waals surface area contributed by atoms with Crippen LogP contribution in [0.4, 0.5) is 0 Å². The minimum absolute atomic E-state index is 0.348. The SMILES string of the molecule is CC#CC([CH]C#CC(C)C)CC. The maximum atomic E-state index is 3.10. The van der Waals surface area contributed by atoms with E-state index in [4.69, 9.17) is 0 Å². The lowest BCUT2D eigenvalue weighted by atomic mass is 10.0. The molecule has 0 N–H and O–H groups in total. The largest absolute Gasteiger partial charge is 0.106 e. The first-order valence-corrected chi connectivity index (χ1v) is 4.47. The highest BCUT2D eigenvalue weighted by Crippen LogP contribution is 2.03. The molecule has 0 aromatic rings. The zero-order valence-corrected chi connectivity index (χ0v) is 8.44. The van der Waals surface area contributed by atoms with E-state index >= 15 is 0 Å². The highest BCUT2D eigenvalue weighted by Gasteiger charge is 1.98. The maximum Gasteiger partial charge on any atom is 0.0490 e. The molecule has 0 saturated carbocycles. The second-order valence-corrected chi connectivity index (χ2v) is 3.02. The minimum atomic E-state index is 0.348. The lowest BCUT2D eigenvalue weighted by Crippen LogP contribution is -1.93. The van der Waals surface area contributed by atoms with Crippen LogP contribution < -0.4 is 0 Å². The van der Waals surface area contributed by atoms with Crippen molar-refractivity contribution in [3.8, 4) is 23.7 Å². The van der Waals surface area contributed by atoms with Crippen LogP contribution >= 0.6 is 0 Å². The van der Waals surface area contributed by atoms with Crippen LogP contribution in [0.3, 0.4) is 0 Å². The summed E-state index contributed by atoms with van der Waals surface area (Å²) in [6, 6.07) is 0. The van der Waals surface area contributed by atoms with Gasteiger partial charge in [0, 0.05) is 18.3 Å². The topological polar surface area (TPSA) is 0 Å². The molecule has 0 spiro atoms. The molecule has 1 unspecified atom stereocenters. The van der Waals surface area contributed by atoms with E-state index in [0.717, 1.165) is 6.42 Å². The Kier molecular flexibility index (Phi) is 6.31. The summed E-state index contributed by atoms with van der Waals surface area (Å²) >= 11 is 0. The molecule has 0 aliphatic carbocycles. The van der Waals surface area contributed by atoms with Gasteiger partial charge in [-0.25, -0.2) is 0 Å². The Bertz CT molecular complexity index is 214. The molecule has 65 valence electrons. The zero-order chi connectivity index (χ0) is 9.40. The Hall–Kier alpha value is -0.880. The van der Waals surface area contributed by atoms with E-state index in [9.17, 15) is 0 Å². The number of hydrogen-bond acceptors (Lipinski definition) is 0. The molecule has 0 heteroatoms. The van der Waals surface area contributed by atoms with Gasteiger partial charge in [0.1, 0.15) is 0 Å². The number of rotatable bonds is 2. The fourth-order valence-electron chi connectivity index (χ4n) is 0.762. The van der Waals surface area contributed by atoms with Crippen molar-refractivity contribution in [1.82, 2.24) is 0 Å². The summed E-state index contributed by atoms with van der Waals surface area (Å²) in [7, 11) is 0. The van der Waals surface area contributed by atoms with Gasteiger partial charge < -0.3 is 0 Å². The molecule has 0 rings (SSSR count). The van der Waals surface area contributed by atoms with Crippen molar-refractivity contribution in [3.05, 3.63) is 6.42 Å². The molecule has 12 heavy (non-hydrogen) atoms. The van der Waals surface area contributed by atoms with Crippen molar-refractivity contribution >= 4 is 0 Å². The van der Waals surface area contributed by atoms with Gasteiger partial charge in [0.25, 0.3) is 0 Å². The second kappa shape index (κ2) is 6.81. The van der Waals surface area contributed by atoms with E-state index < -0.39 is 0 Å². The van der Waals surface area contributed by atoms with Crippen LogP contribution in [-0.4, -0.2) is 0 Å². The Morgan fingerprint density at radius 1 is 1.25 bits per heavy atom. The van der Waals surface area contributed by atoms with Gasteiger partial charge in [0.2, 0.25) is 0 Å². The van der Waals surface area contributed by atoms with Gasteiger partial charge in [-0.15, -0.1) is 11.8 Å². The molecule has 0 amide bonds. The summed E-state index contributed by atoms with van der Waals surface area (Å²) < 4.78 is 0. The third-order valence-corrected chi connectivity index (χ3v) is 1.43. The number of hydrogen-bond donors (Lipinski definition) is 0. The Morgan fingerprint density at radius 3 is 2.33 bits per heavy atom. The van der Waals surface area contributed by atoms with Crippen LogP contribution in [0.25, 0.3) is 0 Å². The summed E-state index contributed by atoms with van der Waals surface area (Å²) in [5.41, 5.74) is 0. The predicted octanol–water partition coefficient (Wildman–Crippen LogP) is 2.90. The molecule has 0 aliphatic heterocycles. The van der Waals surface area contributed by atoms with Crippen LogP contribution in [-0.2, 0) is 0 Å². The second-order valence-electron chi connectivity index (χ2n) is 3.02. The Balaban J connectivity index is 3.88.